The van der Waals surface area contributed by atoms with Crippen molar-refractivity contribution in [1.29, 1.82) is 5.26 Å². The maximum atomic E-state index is 13.3. The summed E-state index contributed by atoms with van der Waals surface area (Å²) in [5.41, 5.74) is 2.33. The van der Waals surface area contributed by atoms with Crippen LogP contribution in [0.4, 0.5) is 15.8 Å². The zero-order valence-corrected chi connectivity index (χ0v) is 13.4. The van der Waals surface area contributed by atoms with Gasteiger partial charge in [-0.05, 0) is 40.2 Å². The van der Waals surface area contributed by atoms with Crippen LogP contribution in [0.1, 0.15) is 5.56 Å². The lowest BCUT2D eigenvalue weighted by Crippen LogP contribution is -1.97. The first-order chi connectivity index (χ1) is 10.6. The third-order valence-corrected chi connectivity index (χ3v) is 4.09. The molecule has 0 aliphatic heterocycles. The molecule has 0 bridgehead atoms. The first-order valence-corrected chi connectivity index (χ1v) is 7.46. The number of nitriles is 1. The summed E-state index contributed by atoms with van der Waals surface area (Å²) in [4.78, 5) is 4.29. The van der Waals surface area contributed by atoms with E-state index in [1.54, 1.807) is 6.07 Å². The first-order valence-electron chi connectivity index (χ1n) is 6.29. The molecular formula is C16H8BrClFN3. The molecule has 3 nitrogen and oxygen atoms in total. The number of anilines is 2. The van der Waals surface area contributed by atoms with Crippen LogP contribution in [0.25, 0.3) is 10.9 Å². The number of para-hydroxylation sites is 1. The number of halogens is 3. The number of rotatable bonds is 2. The molecule has 0 atom stereocenters. The summed E-state index contributed by atoms with van der Waals surface area (Å²) >= 11 is 9.24. The van der Waals surface area contributed by atoms with Crippen LogP contribution in [0.5, 0.6) is 0 Å². The van der Waals surface area contributed by atoms with Crippen LogP contribution in [0.3, 0.4) is 0 Å². The van der Waals surface area contributed by atoms with Gasteiger partial charge in [-0.3, -0.25) is 4.98 Å². The summed E-state index contributed by atoms with van der Waals surface area (Å²) in [5.74, 6) is -0.491. The monoisotopic (exact) mass is 375 g/mol. The van der Waals surface area contributed by atoms with Gasteiger partial charge in [0.15, 0.2) is 0 Å². The summed E-state index contributed by atoms with van der Waals surface area (Å²) in [6, 6.07) is 12.0. The second-order valence-electron chi connectivity index (χ2n) is 4.55. The predicted octanol–water partition coefficient (Wildman–Crippen LogP) is 5.41. The van der Waals surface area contributed by atoms with Crippen molar-refractivity contribution in [3.8, 4) is 6.07 Å². The highest BCUT2D eigenvalue weighted by molar-refractivity contribution is 9.10. The minimum atomic E-state index is -0.491. The van der Waals surface area contributed by atoms with E-state index in [1.165, 1.54) is 18.3 Å². The minimum absolute atomic E-state index is 0.0167. The quantitative estimate of drug-likeness (QED) is 0.651. The summed E-state index contributed by atoms with van der Waals surface area (Å²) in [5, 5.41) is 13.2. The normalized spacial score (nSPS) is 10.5. The third kappa shape index (κ3) is 2.63. The summed E-state index contributed by atoms with van der Waals surface area (Å²) in [7, 11) is 0. The number of hydrogen-bond donors (Lipinski definition) is 1. The van der Waals surface area contributed by atoms with Crippen molar-refractivity contribution in [1.82, 2.24) is 4.98 Å². The zero-order chi connectivity index (χ0) is 15.7. The number of fused-ring (bicyclic) bond motifs is 1. The molecule has 0 aliphatic carbocycles. The maximum Gasteiger partial charge on any atom is 0.141 e. The molecule has 0 radical (unpaired) electrons. The highest BCUT2D eigenvalue weighted by atomic mass is 79.9. The van der Waals surface area contributed by atoms with Crippen LogP contribution in [0, 0.1) is 17.1 Å². The Labute approximate surface area is 139 Å². The molecule has 0 fully saturated rings. The lowest BCUT2D eigenvalue weighted by molar-refractivity contribution is 0.628. The molecule has 2 aromatic carbocycles. The molecule has 0 saturated carbocycles. The average molecular weight is 377 g/mol. The van der Waals surface area contributed by atoms with Crippen LogP contribution in [0.2, 0.25) is 5.02 Å². The van der Waals surface area contributed by atoms with Crippen molar-refractivity contribution in [2.24, 2.45) is 0 Å². The smallest absolute Gasteiger partial charge is 0.141 e. The lowest BCUT2D eigenvalue weighted by atomic mass is 10.1. The molecule has 0 spiro atoms. The molecule has 6 heteroatoms. The van der Waals surface area contributed by atoms with E-state index in [-0.39, 0.29) is 5.02 Å². The second-order valence-corrected chi connectivity index (χ2v) is 5.81. The van der Waals surface area contributed by atoms with Gasteiger partial charge in [0.1, 0.15) is 11.9 Å². The SMILES string of the molecule is N#Cc1cnc2c(Br)cccc2c1Nc1ccc(F)c(Cl)c1. The van der Waals surface area contributed by atoms with Gasteiger partial charge in [-0.25, -0.2) is 4.39 Å². The highest BCUT2D eigenvalue weighted by Crippen LogP contribution is 2.33. The summed E-state index contributed by atoms with van der Waals surface area (Å²) in [6.45, 7) is 0. The van der Waals surface area contributed by atoms with Gasteiger partial charge in [0.25, 0.3) is 0 Å². The second kappa shape index (κ2) is 5.91. The van der Waals surface area contributed by atoms with Gasteiger partial charge in [-0.15, -0.1) is 0 Å². The molecule has 1 heterocycles. The van der Waals surface area contributed by atoms with E-state index in [0.29, 0.717) is 16.9 Å². The van der Waals surface area contributed by atoms with Gasteiger partial charge >= 0.3 is 0 Å². The summed E-state index contributed by atoms with van der Waals surface area (Å²) < 4.78 is 14.1. The fourth-order valence-electron chi connectivity index (χ4n) is 2.12. The molecule has 3 rings (SSSR count). The Kier molecular flexibility index (Phi) is 3.97. The Balaban J connectivity index is 2.18. The van der Waals surface area contributed by atoms with Crippen LogP contribution < -0.4 is 5.32 Å². The highest BCUT2D eigenvalue weighted by Gasteiger charge is 2.11. The van der Waals surface area contributed by atoms with Gasteiger partial charge < -0.3 is 5.32 Å². The summed E-state index contributed by atoms with van der Waals surface area (Å²) in [6.07, 6.45) is 1.50. The Morgan fingerprint density at radius 1 is 1.27 bits per heavy atom. The molecule has 1 aromatic heterocycles. The van der Waals surface area contributed by atoms with Gasteiger partial charge in [0.2, 0.25) is 0 Å². The van der Waals surface area contributed by atoms with Gasteiger partial charge in [-0.1, -0.05) is 23.7 Å². The molecule has 0 unspecified atom stereocenters. The van der Waals surface area contributed by atoms with Gasteiger partial charge in [0, 0.05) is 21.7 Å². The topological polar surface area (TPSA) is 48.7 Å². The Morgan fingerprint density at radius 3 is 2.82 bits per heavy atom. The Bertz CT molecular complexity index is 921. The van der Waals surface area contributed by atoms with E-state index < -0.39 is 5.82 Å². The van der Waals surface area contributed by atoms with Crippen molar-refractivity contribution >= 4 is 49.8 Å². The van der Waals surface area contributed by atoms with Gasteiger partial charge in [-0.2, -0.15) is 5.26 Å². The van der Waals surface area contributed by atoms with Gasteiger partial charge in [0.05, 0.1) is 21.8 Å². The zero-order valence-electron chi connectivity index (χ0n) is 11.1. The number of hydrogen-bond acceptors (Lipinski definition) is 3. The molecular weight excluding hydrogens is 369 g/mol. The molecule has 108 valence electrons. The number of nitrogens with zero attached hydrogens (tertiary/aromatic N) is 2. The maximum absolute atomic E-state index is 13.3. The van der Waals surface area contributed by atoms with Crippen molar-refractivity contribution < 1.29 is 4.39 Å². The van der Waals surface area contributed by atoms with E-state index in [0.717, 1.165) is 15.4 Å². The van der Waals surface area contributed by atoms with E-state index in [9.17, 15) is 9.65 Å². The molecule has 0 saturated heterocycles. The van der Waals surface area contributed by atoms with Crippen LogP contribution in [-0.4, -0.2) is 4.98 Å². The van der Waals surface area contributed by atoms with Crippen LogP contribution in [0.15, 0.2) is 47.1 Å². The molecule has 3 aromatic rings. The minimum Gasteiger partial charge on any atom is -0.354 e. The van der Waals surface area contributed by atoms with Crippen molar-refractivity contribution in [3.05, 3.63) is 63.5 Å². The van der Waals surface area contributed by atoms with E-state index >= 15 is 0 Å². The van der Waals surface area contributed by atoms with Crippen molar-refractivity contribution in [3.63, 3.8) is 0 Å². The lowest BCUT2D eigenvalue weighted by Gasteiger charge is -2.12. The molecule has 0 aliphatic rings. The number of nitrogens with one attached hydrogen (secondary N) is 1. The average Bonchev–Trinajstić information content (AvgIpc) is 2.52. The predicted molar refractivity (Wildman–Crippen MR) is 88.9 cm³/mol. The Morgan fingerprint density at radius 2 is 2.09 bits per heavy atom. The van der Waals surface area contributed by atoms with Crippen LogP contribution >= 0.6 is 27.5 Å². The van der Waals surface area contributed by atoms with Crippen LogP contribution in [-0.2, 0) is 0 Å². The standard InChI is InChI=1S/C16H8BrClFN3/c17-12-3-1-2-11-15(9(7-20)8-21-16(11)12)22-10-4-5-14(19)13(18)6-10/h1-6,8H,(H,21,22). The number of pyridine rings is 1. The Hall–Kier alpha value is -2.16. The first kappa shape index (κ1) is 14.8. The van der Waals surface area contributed by atoms with E-state index in [4.69, 9.17) is 11.6 Å². The van der Waals surface area contributed by atoms with Crippen molar-refractivity contribution in [2.75, 3.05) is 5.32 Å². The molecule has 22 heavy (non-hydrogen) atoms. The number of aromatic nitrogens is 1. The third-order valence-electron chi connectivity index (χ3n) is 3.16. The fraction of sp³-hybridized carbons (Fsp3) is 0. The number of benzene rings is 2. The largest absolute Gasteiger partial charge is 0.354 e. The fourth-order valence-corrected chi connectivity index (χ4v) is 2.77. The van der Waals surface area contributed by atoms with E-state index in [2.05, 4.69) is 32.3 Å². The van der Waals surface area contributed by atoms with Crippen molar-refractivity contribution in [2.45, 2.75) is 0 Å². The van der Waals surface area contributed by atoms with E-state index in [1.807, 2.05) is 18.2 Å². The molecule has 0 amide bonds. The molecule has 1 N–H and O–H groups in total.